The molecule has 0 unspecified atom stereocenters. The van der Waals surface area contributed by atoms with Crippen molar-refractivity contribution in [1.29, 1.82) is 0 Å². The zero-order valence-corrected chi connectivity index (χ0v) is 27.3. The van der Waals surface area contributed by atoms with Crippen LogP contribution in [0.2, 0.25) is 0 Å². The molecule has 2 nitrogen and oxygen atoms in total. The predicted molar refractivity (Wildman–Crippen MR) is 210 cm³/mol. The van der Waals surface area contributed by atoms with Gasteiger partial charge in [-0.25, -0.2) is 0 Å². The van der Waals surface area contributed by atoms with Crippen molar-refractivity contribution in [1.82, 2.24) is 0 Å². The van der Waals surface area contributed by atoms with Crippen LogP contribution >= 0.6 is 11.3 Å². The molecule has 0 N–H and O–H groups in total. The summed E-state index contributed by atoms with van der Waals surface area (Å²) in [7, 11) is 0. The van der Waals surface area contributed by atoms with Gasteiger partial charge in [0.1, 0.15) is 11.2 Å². The number of rotatable bonds is 5. The van der Waals surface area contributed by atoms with Gasteiger partial charge in [-0.1, -0.05) is 121 Å². The van der Waals surface area contributed by atoms with Crippen molar-refractivity contribution in [3.8, 4) is 22.3 Å². The lowest BCUT2D eigenvalue weighted by molar-refractivity contribution is 0.669. The van der Waals surface area contributed by atoms with E-state index in [0.29, 0.717) is 0 Å². The summed E-state index contributed by atoms with van der Waals surface area (Å²) in [6, 6.07) is 63.2. The fraction of sp³-hybridized carbons (Fsp3) is 0. The first-order valence-corrected chi connectivity index (χ1v) is 17.4. The first-order valence-electron chi connectivity index (χ1n) is 16.6. The van der Waals surface area contributed by atoms with Gasteiger partial charge in [-0.3, -0.25) is 0 Å². The molecule has 8 aromatic carbocycles. The highest BCUT2D eigenvalue weighted by Crippen LogP contribution is 2.45. The molecule has 230 valence electrons. The number of para-hydroxylation sites is 1. The number of nitrogens with zero attached hydrogens (tertiary/aromatic N) is 1. The first-order chi connectivity index (χ1) is 24.3. The molecule has 0 amide bonds. The summed E-state index contributed by atoms with van der Waals surface area (Å²) in [6.07, 6.45) is 0. The summed E-state index contributed by atoms with van der Waals surface area (Å²) in [5.74, 6) is 0. The SMILES string of the molecule is c1ccc(-c2ccccc2N(c2ccc(-c3cccc4oc5cc6ccccc6cc5c34)cc2)c2ccc3c(c2)sc2ccccc23)cc1. The fourth-order valence-electron chi connectivity index (χ4n) is 7.35. The van der Waals surface area contributed by atoms with Crippen molar-refractivity contribution < 1.29 is 4.42 Å². The van der Waals surface area contributed by atoms with Crippen molar-refractivity contribution in [2.45, 2.75) is 0 Å². The van der Waals surface area contributed by atoms with Gasteiger partial charge >= 0.3 is 0 Å². The third-order valence-corrected chi connectivity index (χ3v) is 10.8. The number of hydrogen-bond acceptors (Lipinski definition) is 3. The highest BCUT2D eigenvalue weighted by Gasteiger charge is 2.19. The lowest BCUT2D eigenvalue weighted by Gasteiger charge is -2.28. The zero-order valence-electron chi connectivity index (χ0n) is 26.5. The third-order valence-electron chi connectivity index (χ3n) is 9.65. The molecule has 0 aliphatic carbocycles. The lowest BCUT2D eigenvalue weighted by atomic mass is 9.97. The molecule has 0 aliphatic heterocycles. The van der Waals surface area contributed by atoms with Gasteiger partial charge in [0.2, 0.25) is 0 Å². The molecule has 0 saturated carbocycles. The van der Waals surface area contributed by atoms with Gasteiger partial charge in [-0.15, -0.1) is 11.3 Å². The summed E-state index contributed by atoms with van der Waals surface area (Å²) < 4.78 is 9.00. The van der Waals surface area contributed by atoms with E-state index in [1.165, 1.54) is 47.6 Å². The molecule has 0 saturated heterocycles. The normalized spacial score (nSPS) is 11.7. The molecular formula is C46H29NOS. The van der Waals surface area contributed by atoms with Gasteiger partial charge in [0.05, 0.1) is 5.69 Å². The molecule has 0 radical (unpaired) electrons. The number of thiophene rings is 1. The highest BCUT2D eigenvalue weighted by molar-refractivity contribution is 7.25. The molecule has 0 fully saturated rings. The van der Waals surface area contributed by atoms with Crippen molar-refractivity contribution in [3.05, 3.63) is 176 Å². The van der Waals surface area contributed by atoms with E-state index in [4.69, 9.17) is 4.42 Å². The Balaban J connectivity index is 1.14. The van der Waals surface area contributed by atoms with Gasteiger partial charge < -0.3 is 9.32 Å². The number of hydrogen-bond donors (Lipinski definition) is 0. The Bertz CT molecular complexity index is 2830. The van der Waals surface area contributed by atoms with Crippen molar-refractivity contribution in [2.75, 3.05) is 4.90 Å². The van der Waals surface area contributed by atoms with Crippen LogP contribution in [0.1, 0.15) is 0 Å². The Kier molecular flexibility index (Phi) is 6.39. The van der Waals surface area contributed by atoms with Crippen LogP contribution in [0.4, 0.5) is 17.1 Å². The monoisotopic (exact) mass is 643 g/mol. The Morgan fingerprint density at radius 1 is 0.408 bits per heavy atom. The molecule has 0 atom stereocenters. The average molecular weight is 644 g/mol. The van der Waals surface area contributed by atoms with E-state index in [9.17, 15) is 0 Å². The van der Waals surface area contributed by atoms with E-state index in [0.717, 1.165) is 44.6 Å². The largest absolute Gasteiger partial charge is 0.456 e. The number of furan rings is 1. The standard InChI is InChI=1S/C46H29NOS/c1-2-11-30(12-3-1)36-15-6-8-18-41(36)47(35-25-26-39-38-16-7-9-20-44(38)49-45(39)29-35)34-23-21-31(22-24-34)37-17-10-19-42-46(37)40-27-32-13-4-5-14-33(32)28-43(40)48-42/h1-29H. The Hall–Kier alpha value is -6.16. The van der Waals surface area contributed by atoms with Gasteiger partial charge in [-0.05, 0) is 82.1 Å². The second-order valence-corrected chi connectivity index (χ2v) is 13.6. The Morgan fingerprint density at radius 2 is 1.08 bits per heavy atom. The maximum Gasteiger partial charge on any atom is 0.136 e. The van der Waals surface area contributed by atoms with Crippen LogP contribution in [-0.2, 0) is 0 Å². The second-order valence-electron chi connectivity index (χ2n) is 12.5. The lowest BCUT2D eigenvalue weighted by Crippen LogP contribution is -2.11. The average Bonchev–Trinajstić information content (AvgIpc) is 3.72. The Labute approximate surface area is 287 Å². The molecule has 3 heteroatoms. The maximum absolute atomic E-state index is 6.41. The third kappa shape index (κ3) is 4.62. The molecule has 0 spiro atoms. The van der Waals surface area contributed by atoms with E-state index < -0.39 is 0 Å². The molecule has 10 rings (SSSR count). The molecule has 2 aromatic heterocycles. The minimum atomic E-state index is 0.905. The van der Waals surface area contributed by atoms with Crippen LogP contribution in [0.25, 0.3) is 75.1 Å². The van der Waals surface area contributed by atoms with E-state index in [2.05, 4.69) is 181 Å². The molecule has 0 bridgehead atoms. The Morgan fingerprint density at radius 3 is 1.96 bits per heavy atom. The smallest absolute Gasteiger partial charge is 0.136 e. The summed E-state index contributed by atoms with van der Waals surface area (Å²) >= 11 is 1.85. The van der Waals surface area contributed by atoms with Gasteiger partial charge in [0.15, 0.2) is 0 Å². The van der Waals surface area contributed by atoms with Crippen molar-refractivity contribution >= 4 is 81.3 Å². The van der Waals surface area contributed by atoms with Gasteiger partial charge in [0, 0.05) is 47.9 Å². The quantitative estimate of drug-likeness (QED) is 0.186. The fourth-order valence-corrected chi connectivity index (χ4v) is 8.49. The van der Waals surface area contributed by atoms with Crippen LogP contribution in [0.15, 0.2) is 180 Å². The second kappa shape index (κ2) is 11.2. The van der Waals surface area contributed by atoms with Gasteiger partial charge in [0.25, 0.3) is 0 Å². The molecule has 2 heterocycles. The zero-order chi connectivity index (χ0) is 32.3. The van der Waals surface area contributed by atoms with Crippen molar-refractivity contribution in [2.24, 2.45) is 0 Å². The van der Waals surface area contributed by atoms with Crippen molar-refractivity contribution in [3.63, 3.8) is 0 Å². The predicted octanol–water partition coefficient (Wildman–Crippen LogP) is 13.9. The topological polar surface area (TPSA) is 16.4 Å². The summed E-state index contributed by atoms with van der Waals surface area (Å²) in [6.45, 7) is 0. The van der Waals surface area contributed by atoms with Crippen LogP contribution in [-0.4, -0.2) is 0 Å². The van der Waals surface area contributed by atoms with Gasteiger partial charge in [-0.2, -0.15) is 0 Å². The number of benzene rings is 8. The summed E-state index contributed by atoms with van der Waals surface area (Å²) in [5, 5.41) is 7.30. The van der Waals surface area contributed by atoms with E-state index in [-0.39, 0.29) is 0 Å². The highest BCUT2D eigenvalue weighted by atomic mass is 32.1. The summed E-state index contributed by atoms with van der Waals surface area (Å²) in [4.78, 5) is 2.40. The molecule has 49 heavy (non-hydrogen) atoms. The van der Waals surface area contributed by atoms with Crippen LogP contribution < -0.4 is 4.90 Å². The van der Waals surface area contributed by atoms with E-state index in [1.54, 1.807) is 0 Å². The van der Waals surface area contributed by atoms with Crippen LogP contribution in [0.5, 0.6) is 0 Å². The minimum Gasteiger partial charge on any atom is -0.456 e. The minimum absolute atomic E-state index is 0.905. The van der Waals surface area contributed by atoms with Crippen LogP contribution in [0.3, 0.4) is 0 Å². The molecule has 10 aromatic rings. The number of anilines is 3. The van der Waals surface area contributed by atoms with Crippen LogP contribution in [0, 0.1) is 0 Å². The van der Waals surface area contributed by atoms with E-state index >= 15 is 0 Å². The van der Waals surface area contributed by atoms with E-state index in [1.807, 2.05) is 11.3 Å². The number of fused-ring (bicyclic) bond motifs is 7. The molecule has 0 aliphatic rings. The maximum atomic E-state index is 6.41. The molecular weight excluding hydrogens is 615 g/mol. The summed E-state index contributed by atoms with van der Waals surface area (Å²) in [5.41, 5.74) is 9.88. The first kappa shape index (κ1) is 27.9.